The van der Waals surface area contributed by atoms with Crippen LogP contribution in [0.3, 0.4) is 0 Å². The van der Waals surface area contributed by atoms with Gasteiger partial charge in [0.1, 0.15) is 11.5 Å². The Morgan fingerprint density at radius 2 is 1.21 bits per heavy atom. The highest BCUT2D eigenvalue weighted by atomic mass is 16.5. The number of nitrogens with one attached hydrogen (secondary N) is 3. The molecule has 0 atom stereocenters. The monoisotopic (exact) mass is 391 g/mol. The Labute approximate surface area is 168 Å². The fraction of sp³-hybridized carbons (Fsp3) is 0.0909. The molecule has 3 amide bonds. The molecule has 3 N–H and O–H groups in total. The van der Waals surface area contributed by atoms with E-state index in [-0.39, 0.29) is 11.9 Å². The van der Waals surface area contributed by atoms with Crippen LogP contribution < -0.4 is 25.4 Å². The number of hydrogen-bond donors (Lipinski definition) is 3. The Bertz CT molecular complexity index is 966. The third-order valence-corrected chi connectivity index (χ3v) is 4.05. The van der Waals surface area contributed by atoms with Crippen molar-refractivity contribution >= 4 is 29.0 Å². The SMILES string of the molecule is COc1cc(NC(=O)c2ccc(NC(=O)Nc3ccccc3)cc2)cc(OC)c1. The summed E-state index contributed by atoms with van der Waals surface area (Å²) in [5.41, 5.74) is 2.25. The highest BCUT2D eigenvalue weighted by Gasteiger charge is 2.09. The van der Waals surface area contributed by atoms with Crippen LogP contribution in [0, 0.1) is 0 Å². The molecule has 7 heteroatoms. The lowest BCUT2D eigenvalue weighted by molar-refractivity contribution is 0.102. The lowest BCUT2D eigenvalue weighted by atomic mass is 10.2. The van der Waals surface area contributed by atoms with Gasteiger partial charge in [-0.3, -0.25) is 4.79 Å². The predicted octanol–water partition coefficient (Wildman–Crippen LogP) is 4.60. The average Bonchev–Trinajstić information content (AvgIpc) is 2.74. The fourth-order valence-electron chi connectivity index (χ4n) is 2.60. The smallest absolute Gasteiger partial charge is 0.323 e. The van der Waals surface area contributed by atoms with Crippen molar-refractivity contribution in [2.75, 3.05) is 30.2 Å². The zero-order valence-electron chi connectivity index (χ0n) is 16.1. The molecule has 0 radical (unpaired) electrons. The largest absolute Gasteiger partial charge is 0.497 e. The van der Waals surface area contributed by atoms with Crippen molar-refractivity contribution in [1.29, 1.82) is 0 Å². The summed E-state index contributed by atoms with van der Waals surface area (Å²) < 4.78 is 10.4. The Balaban J connectivity index is 1.62. The van der Waals surface area contributed by atoms with Crippen molar-refractivity contribution in [2.45, 2.75) is 0 Å². The van der Waals surface area contributed by atoms with Crippen LogP contribution in [0.2, 0.25) is 0 Å². The van der Waals surface area contributed by atoms with Gasteiger partial charge in [0.25, 0.3) is 5.91 Å². The van der Waals surface area contributed by atoms with Crippen LogP contribution in [0.1, 0.15) is 10.4 Å². The zero-order chi connectivity index (χ0) is 20.6. The number of urea groups is 1. The predicted molar refractivity (Wildman–Crippen MR) is 113 cm³/mol. The maximum atomic E-state index is 12.5. The normalized spacial score (nSPS) is 10.0. The second-order valence-corrected chi connectivity index (χ2v) is 6.08. The average molecular weight is 391 g/mol. The number of anilines is 3. The van der Waals surface area contributed by atoms with Crippen LogP contribution in [0.25, 0.3) is 0 Å². The van der Waals surface area contributed by atoms with E-state index in [0.717, 1.165) is 0 Å². The molecule has 148 valence electrons. The van der Waals surface area contributed by atoms with Gasteiger partial charge in [-0.1, -0.05) is 18.2 Å². The molecule has 0 unspecified atom stereocenters. The van der Waals surface area contributed by atoms with E-state index in [4.69, 9.17) is 9.47 Å². The first kappa shape index (κ1) is 19.8. The molecule has 0 bridgehead atoms. The van der Waals surface area contributed by atoms with E-state index in [1.165, 1.54) is 0 Å². The van der Waals surface area contributed by atoms with Gasteiger partial charge in [0.15, 0.2) is 0 Å². The maximum absolute atomic E-state index is 12.5. The molecule has 0 heterocycles. The first-order valence-corrected chi connectivity index (χ1v) is 8.85. The topological polar surface area (TPSA) is 88.7 Å². The summed E-state index contributed by atoms with van der Waals surface area (Å²) in [5.74, 6) is 0.854. The summed E-state index contributed by atoms with van der Waals surface area (Å²) in [5, 5.41) is 8.25. The number of methoxy groups -OCH3 is 2. The molecule has 3 aromatic carbocycles. The molecule has 0 saturated heterocycles. The molecule has 29 heavy (non-hydrogen) atoms. The number of para-hydroxylation sites is 1. The second-order valence-electron chi connectivity index (χ2n) is 6.08. The lowest BCUT2D eigenvalue weighted by Crippen LogP contribution is -2.19. The molecule has 0 fully saturated rings. The van der Waals surface area contributed by atoms with Gasteiger partial charge >= 0.3 is 6.03 Å². The molecule has 0 aromatic heterocycles. The van der Waals surface area contributed by atoms with Crippen molar-refractivity contribution in [1.82, 2.24) is 0 Å². The number of amides is 3. The minimum Gasteiger partial charge on any atom is -0.497 e. The number of rotatable bonds is 6. The highest BCUT2D eigenvalue weighted by Crippen LogP contribution is 2.26. The van der Waals surface area contributed by atoms with E-state index in [9.17, 15) is 9.59 Å². The quantitative estimate of drug-likeness (QED) is 0.573. The van der Waals surface area contributed by atoms with Crippen LogP contribution >= 0.6 is 0 Å². The molecule has 0 aliphatic rings. The molecule has 3 aromatic rings. The maximum Gasteiger partial charge on any atom is 0.323 e. The fourth-order valence-corrected chi connectivity index (χ4v) is 2.60. The van der Waals surface area contributed by atoms with E-state index in [2.05, 4.69) is 16.0 Å². The van der Waals surface area contributed by atoms with E-state index in [1.54, 1.807) is 68.8 Å². The van der Waals surface area contributed by atoms with Crippen molar-refractivity contribution < 1.29 is 19.1 Å². The molecular formula is C22H21N3O4. The van der Waals surface area contributed by atoms with E-state index < -0.39 is 0 Å². The van der Waals surface area contributed by atoms with Gasteiger partial charge in [-0.25, -0.2) is 4.79 Å². The van der Waals surface area contributed by atoms with Crippen molar-refractivity contribution in [2.24, 2.45) is 0 Å². The van der Waals surface area contributed by atoms with E-state index in [0.29, 0.717) is 34.1 Å². The molecule has 3 rings (SSSR count). The van der Waals surface area contributed by atoms with Gasteiger partial charge in [-0.2, -0.15) is 0 Å². The Kier molecular flexibility index (Phi) is 6.32. The molecule has 0 spiro atoms. The summed E-state index contributed by atoms with van der Waals surface area (Å²) in [6.07, 6.45) is 0. The molecule has 0 aliphatic heterocycles. The van der Waals surface area contributed by atoms with Gasteiger partial charge in [0.05, 0.1) is 14.2 Å². The van der Waals surface area contributed by atoms with Crippen LogP contribution in [0.15, 0.2) is 72.8 Å². The Morgan fingerprint density at radius 3 is 1.76 bits per heavy atom. The van der Waals surface area contributed by atoms with Gasteiger partial charge in [0, 0.05) is 40.8 Å². The van der Waals surface area contributed by atoms with Crippen molar-refractivity contribution in [3.63, 3.8) is 0 Å². The van der Waals surface area contributed by atoms with Crippen LogP contribution in [0.5, 0.6) is 11.5 Å². The summed E-state index contributed by atoms with van der Waals surface area (Å²) in [4.78, 5) is 24.5. The Hall–Kier alpha value is -4.00. The highest BCUT2D eigenvalue weighted by molar-refractivity contribution is 6.05. The van der Waals surface area contributed by atoms with Gasteiger partial charge < -0.3 is 25.4 Å². The zero-order valence-corrected chi connectivity index (χ0v) is 16.1. The summed E-state index contributed by atoms with van der Waals surface area (Å²) in [7, 11) is 3.08. The standard InChI is InChI=1S/C22H21N3O4/c1-28-19-12-18(13-20(14-19)29-2)23-21(26)15-8-10-17(11-9-15)25-22(27)24-16-6-4-3-5-7-16/h3-14H,1-2H3,(H,23,26)(H2,24,25,27). The Morgan fingerprint density at radius 1 is 0.655 bits per heavy atom. The van der Waals surface area contributed by atoms with Crippen LogP contribution in [0.4, 0.5) is 21.9 Å². The first-order valence-electron chi connectivity index (χ1n) is 8.85. The van der Waals surface area contributed by atoms with Crippen molar-refractivity contribution in [3.8, 4) is 11.5 Å². The third-order valence-electron chi connectivity index (χ3n) is 4.05. The van der Waals surface area contributed by atoms with Gasteiger partial charge in [-0.05, 0) is 36.4 Å². The summed E-state index contributed by atoms with van der Waals surface area (Å²) in [6, 6.07) is 20.5. The molecule has 0 aliphatic carbocycles. The first-order chi connectivity index (χ1) is 14.1. The van der Waals surface area contributed by atoms with Crippen molar-refractivity contribution in [3.05, 3.63) is 78.4 Å². The van der Waals surface area contributed by atoms with Crippen LogP contribution in [-0.2, 0) is 0 Å². The summed E-state index contributed by atoms with van der Waals surface area (Å²) >= 11 is 0. The van der Waals surface area contributed by atoms with E-state index >= 15 is 0 Å². The third kappa shape index (κ3) is 5.49. The number of benzene rings is 3. The van der Waals surface area contributed by atoms with E-state index in [1.807, 2.05) is 18.2 Å². The number of ether oxygens (including phenoxy) is 2. The number of carbonyl (C=O) groups excluding carboxylic acids is 2. The minimum atomic E-state index is -0.364. The number of carbonyl (C=O) groups is 2. The second kappa shape index (κ2) is 9.27. The van der Waals surface area contributed by atoms with Gasteiger partial charge in [0.2, 0.25) is 0 Å². The minimum absolute atomic E-state index is 0.291. The van der Waals surface area contributed by atoms with Crippen LogP contribution in [-0.4, -0.2) is 26.2 Å². The van der Waals surface area contributed by atoms with Gasteiger partial charge in [-0.15, -0.1) is 0 Å². The summed E-state index contributed by atoms with van der Waals surface area (Å²) in [6.45, 7) is 0. The number of hydrogen-bond acceptors (Lipinski definition) is 4. The lowest BCUT2D eigenvalue weighted by Gasteiger charge is -2.11. The molecular weight excluding hydrogens is 370 g/mol. The molecule has 7 nitrogen and oxygen atoms in total. The molecule has 0 saturated carbocycles.